The van der Waals surface area contributed by atoms with Crippen molar-refractivity contribution < 1.29 is 9.59 Å². The topological polar surface area (TPSA) is 61.4 Å². The molecule has 92 valence electrons. The molecule has 1 saturated heterocycles. The number of hydrogen-bond donors (Lipinski definition) is 2. The molecule has 1 rings (SSSR count). The van der Waals surface area contributed by atoms with Crippen LogP contribution in [-0.4, -0.2) is 41.5 Å². The van der Waals surface area contributed by atoms with E-state index >= 15 is 0 Å². The summed E-state index contributed by atoms with van der Waals surface area (Å²) < 4.78 is 0. The normalized spacial score (nSPS) is 21.6. The van der Waals surface area contributed by atoms with Crippen molar-refractivity contribution >= 4 is 11.9 Å². The molecule has 1 unspecified atom stereocenters. The monoisotopic (exact) mass is 227 g/mol. The molecular formula is C11H21N3O2. The van der Waals surface area contributed by atoms with E-state index in [0.29, 0.717) is 19.5 Å². The zero-order valence-corrected chi connectivity index (χ0v) is 10.5. The molecule has 0 bridgehead atoms. The minimum atomic E-state index is -0.337. The first-order valence-corrected chi connectivity index (χ1v) is 5.71. The standard InChI is InChI=1S/C11H21N3O2/c1-5-8-9(15)12-6-7-14(8)10(16)13-11(2,3)4/h8H,5-7H2,1-4H3,(H,12,15)(H,13,16). The van der Waals surface area contributed by atoms with E-state index in [9.17, 15) is 9.59 Å². The van der Waals surface area contributed by atoms with Crippen LogP contribution >= 0.6 is 0 Å². The summed E-state index contributed by atoms with van der Waals surface area (Å²) in [5.41, 5.74) is -0.275. The van der Waals surface area contributed by atoms with Crippen LogP contribution in [0.5, 0.6) is 0 Å². The number of urea groups is 1. The summed E-state index contributed by atoms with van der Waals surface area (Å²) in [6.45, 7) is 8.80. The molecule has 1 heterocycles. The number of rotatable bonds is 1. The van der Waals surface area contributed by atoms with E-state index < -0.39 is 0 Å². The van der Waals surface area contributed by atoms with Gasteiger partial charge in [0, 0.05) is 18.6 Å². The molecule has 1 aliphatic rings. The van der Waals surface area contributed by atoms with Gasteiger partial charge < -0.3 is 15.5 Å². The highest BCUT2D eigenvalue weighted by Crippen LogP contribution is 2.10. The van der Waals surface area contributed by atoms with Gasteiger partial charge in [0.2, 0.25) is 5.91 Å². The van der Waals surface area contributed by atoms with Crippen molar-refractivity contribution in [3.8, 4) is 0 Å². The zero-order chi connectivity index (χ0) is 12.3. The largest absolute Gasteiger partial charge is 0.353 e. The van der Waals surface area contributed by atoms with E-state index in [0.717, 1.165) is 0 Å². The van der Waals surface area contributed by atoms with Crippen LogP contribution in [0.25, 0.3) is 0 Å². The summed E-state index contributed by atoms with van der Waals surface area (Å²) >= 11 is 0. The lowest BCUT2D eigenvalue weighted by molar-refractivity contribution is -0.127. The maximum absolute atomic E-state index is 12.0. The molecule has 3 amide bonds. The highest BCUT2D eigenvalue weighted by molar-refractivity contribution is 5.88. The summed E-state index contributed by atoms with van der Waals surface area (Å²) in [6, 6.07) is -0.495. The Labute approximate surface area is 96.6 Å². The van der Waals surface area contributed by atoms with Crippen LogP contribution in [0.1, 0.15) is 34.1 Å². The van der Waals surface area contributed by atoms with E-state index in [1.807, 2.05) is 27.7 Å². The third-order valence-electron chi connectivity index (χ3n) is 2.46. The zero-order valence-electron chi connectivity index (χ0n) is 10.5. The van der Waals surface area contributed by atoms with E-state index in [1.165, 1.54) is 0 Å². The molecule has 1 aliphatic heterocycles. The highest BCUT2D eigenvalue weighted by Gasteiger charge is 2.32. The van der Waals surface area contributed by atoms with Crippen LogP contribution < -0.4 is 10.6 Å². The molecule has 5 nitrogen and oxygen atoms in total. The van der Waals surface area contributed by atoms with E-state index in [-0.39, 0.29) is 23.5 Å². The molecule has 0 aromatic rings. The Morgan fingerprint density at radius 2 is 2.19 bits per heavy atom. The lowest BCUT2D eigenvalue weighted by atomic mass is 10.1. The first kappa shape index (κ1) is 12.8. The molecule has 2 N–H and O–H groups in total. The van der Waals surface area contributed by atoms with Crippen molar-refractivity contribution in [1.29, 1.82) is 0 Å². The van der Waals surface area contributed by atoms with Gasteiger partial charge in [-0.1, -0.05) is 6.92 Å². The number of carbonyl (C=O) groups is 2. The predicted molar refractivity (Wildman–Crippen MR) is 62.1 cm³/mol. The molecule has 0 aromatic heterocycles. The quantitative estimate of drug-likeness (QED) is 0.693. The van der Waals surface area contributed by atoms with Crippen molar-refractivity contribution in [2.75, 3.05) is 13.1 Å². The van der Waals surface area contributed by atoms with Crippen LogP contribution in [0.3, 0.4) is 0 Å². The molecular weight excluding hydrogens is 206 g/mol. The fraction of sp³-hybridized carbons (Fsp3) is 0.818. The second kappa shape index (κ2) is 4.72. The van der Waals surface area contributed by atoms with E-state index in [4.69, 9.17) is 0 Å². The minimum absolute atomic E-state index is 0.0576. The maximum Gasteiger partial charge on any atom is 0.318 e. The van der Waals surface area contributed by atoms with Crippen LogP contribution in [0.2, 0.25) is 0 Å². The molecule has 0 saturated carbocycles. The summed E-state index contributed by atoms with van der Waals surface area (Å²) in [7, 11) is 0. The van der Waals surface area contributed by atoms with Crippen molar-refractivity contribution in [1.82, 2.24) is 15.5 Å². The van der Waals surface area contributed by atoms with Gasteiger partial charge in [0.1, 0.15) is 6.04 Å². The van der Waals surface area contributed by atoms with Crippen molar-refractivity contribution in [2.24, 2.45) is 0 Å². The summed E-state index contributed by atoms with van der Waals surface area (Å²) in [5.74, 6) is -0.0576. The fourth-order valence-electron chi connectivity index (χ4n) is 1.76. The lowest BCUT2D eigenvalue weighted by Crippen LogP contribution is -2.61. The van der Waals surface area contributed by atoms with E-state index in [1.54, 1.807) is 4.90 Å². The molecule has 5 heteroatoms. The molecule has 1 atom stereocenters. The molecule has 0 aromatic carbocycles. The summed E-state index contributed by atoms with van der Waals surface area (Å²) in [5, 5.41) is 5.65. The van der Waals surface area contributed by atoms with Crippen molar-refractivity contribution in [3.05, 3.63) is 0 Å². The van der Waals surface area contributed by atoms with Gasteiger partial charge in [-0.15, -0.1) is 0 Å². The van der Waals surface area contributed by atoms with Crippen LogP contribution in [0, 0.1) is 0 Å². The first-order chi connectivity index (χ1) is 7.35. The number of nitrogens with one attached hydrogen (secondary N) is 2. The summed E-state index contributed by atoms with van der Waals surface area (Å²) in [6.07, 6.45) is 0.642. The molecule has 0 radical (unpaired) electrons. The van der Waals surface area contributed by atoms with Crippen LogP contribution in [0.15, 0.2) is 0 Å². The average Bonchev–Trinajstić information content (AvgIpc) is 2.14. The SMILES string of the molecule is CCC1C(=O)NCCN1C(=O)NC(C)(C)C. The fourth-order valence-corrected chi connectivity index (χ4v) is 1.76. The molecule has 0 aliphatic carbocycles. The maximum atomic E-state index is 12.0. The predicted octanol–water partition coefficient (Wildman–Crippen LogP) is 0.705. The molecule has 1 fully saturated rings. The Hall–Kier alpha value is -1.26. The molecule has 0 spiro atoms. The minimum Gasteiger partial charge on any atom is -0.353 e. The van der Waals surface area contributed by atoms with Gasteiger partial charge in [0.05, 0.1) is 0 Å². The number of nitrogens with zero attached hydrogens (tertiary/aromatic N) is 1. The highest BCUT2D eigenvalue weighted by atomic mass is 16.2. The number of amides is 3. The van der Waals surface area contributed by atoms with Gasteiger partial charge in [-0.3, -0.25) is 4.79 Å². The van der Waals surface area contributed by atoms with Crippen LogP contribution in [0.4, 0.5) is 4.79 Å². The van der Waals surface area contributed by atoms with Crippen molar-refractivity contribution in [2.45, 2.75) is 45.7 Å². The smallest absolute Gasteiger partial charge is 0.318 e. The summed E-state index contributed by atoms with van der Waals surface area (Å²) in [4.78, 5) is 25.2. The number of carbonyl (C=O) groups excluding carboxylic acids is 2. The molecule has 16 heavy (non-hydrogen) atoms. The third kappa shape index (κ3) is 3.12. The Morgan fingerprint density at radius 3 is 2.69 bits per heavy atom. The van der Waals surface area contributed by atoms with Gasteiger partial charge in [0.25, 0.3) is 0 Å². The van der Waals surface area contributed by atoms with Gasteiger partial charge in [-0.25, -0.2) is 4.79 Å². The first-order valence-electron chi connectivity index (χ1n) is 5.71. The van der Waals surface area contributed by atoms with Crippen molar-refractivity contribution in [3.63, 3.8) is 0 Å². The van der Waals surface area contributed by atoms with Crippen LogP contribution in [-0.2, 0) is 4.79 Å². The Morgan fingerprint density at radius 1 is 1.56 bits per heavy atom. The van der Waals surface area contributed by atoms with Gasteiger partial charge >= 0.3 is 6.03 Å². The number of hydrogen-bond acceptors (Lipinski definition) is 2. The Balaban J connectivity index is 2.70. The van der Waals surface area contributed by atoms with E-state index in [2.05, 4.69) is 10.6 Å². The Bertz CT molecular complexity index is 283. The number of piperazine rings is 1. The second-order valence-corrected chi connectivity index (χ2v) is 5.09. The van der Waals surface area contributed by atoms with Gasteiger partial charge in [0.15, 0.2) is 0 Å². The third-order valence-corrected chi connectivity index (χ3v) is 2.46. The second-order valence-electron chi connectivity index (χ2n) is 5.09. The average molecular weight is 227 g/mol. The lowest BCUT2D eigenvalue weighted by Gasteiger charge is -2.36. The Kier molecular flexibility index (Phi) is 3.78. The van der Waals surface area contributed by atoms with Gasteiger partial charge in [-0.05, 0) is 27.2 Å². The van der Waals surface area contributed by atoms with Gasteiger partial charge in [-0.2, -0.15) is 0 Å².